The highest BCUT2D eigenvalue weighted by atomic mass is 32.3. The molecule has 0 bridgehead atoms. The number of nitrogens with zero attached hydrogens (tertiary/aromatic N) is 11. The van der Waals surface area contributed by atoms with E-state index in [0.29, 0.717) is 0 Å². The highest BCUT2D eigenvalue weighted by Crippen LogP contribution is 2.21. The maximum Gasteiger partial charge on any atom is 0.506 e. The van der Waals surface area contributed by atoms with Crippen LogP contribution in [-0.4, -0.2) is 143 Å². The molecule has 0 spiro atoms. The van der Waals surface area contributed by atoms with Crippen molar-refractivity contribution in [3.05, 3.63) is 91.4 Å². The van der Waals surface area contributed by atoms with Crippen LogP contribution in [0.1, 0.15) is 0 Å². The third kappa shape index (κ3) is 11.7. The number of nitro groups is 8. The third-order valence-electron chi connectivity index (χ3n) is 5.51. The summed E-state index contributed by atoms with van der Waals surface area (Å²) in [6.45, 7) is -9.08. The van der Waals surface area contributed by atoms with Gasteiger partial charge in [-0.3, -0.25) is 89.3 Å². The first-order chi connectivity index (χ1) is 23.3. The second kappa shape index (κ2) is 19.5. The smallest absolute Gasteiger partial charge is 0.382 e. The summed E-state index contributed by atoms with van der Waals surface area (Å²) in [7, 11) is -4.33. The molecule has 0 aromatic heterocycles. The van der Waals surface area contributed by atoms with Crippen LogP contribution in [0.3, 0.4) is 0 Å². The molecule has 290 valence electrons. The van der Waals surface area contributed by atoms with E-state index in [1.807, 2.05) is 0 Å². The van der Waals surface area contributed by atoms with E-state index in [-0.39, 0.29) is 0 Å². The van der Waals surface area contributed by atoms with Gasteiger partial charge in [0.25, 0.3) is 0 Å². The first kappa shape index (κ1) is 47.4. The van der Waals surface area contributed by atoms with Crippen molar-refractivity contribution in [3.8, 4) is 0 Å². The lowest BCUT2D eigenvalue weighted by Crippen LogP contribution is -2.57. The van der Waals surface area contributed by atoms with Crippen molar-refractivity contribution in [1.29, 1.82) is 0 Å². The SMILES string of the molecule is O=[N+]([O-])C(CO)(CO)[N+](=O)[O-].O=[N+]([O-])C1([N+](=O)[O-])COS(=O)(=O)OC1.O=[N+]([O-])C1([N+](=O)[O-])COS(=O)OC1.[N-]=[N+]=NCC(CO)([N+](=O)[O-])[N+](=O)[O-]. The van der Waals surface area contributed by atoms with Crippen molar-refractivity contribution in [2.24, 2.45) is 5.11 Å². The topological polar surface area (TPSA) is 543 Å². The molecule has 2 heterocycles. The van der Waals surface area contributed by atoms with Crippen molar-refractivity contribution < 1.29 is 84.1 Å². The Kier molecular flexibility index (Phi) is 18.1. The molecule has 2 aliphatic heterocycles. The first-order valence-corrected chi connectivity index (χ1v) is 13.9. The lowest BCUT2D eigenvalue weighted by atomic mass is 10.2. The van der Waals surface area contributed by atoms with Gasteiger partial charge in [-0.15, -0.1) is 0 Å². The number of aliphatic hydroxyl groups is 3. The fraction of sp³-hybridized carbons (Fsp3) is 1.00. The van der Waals surface area contributed by atoms with E-state index in [1.165, 1.54) is 0 Å². The van der Waals surface area contributed by atoms with E-state index < -0.39 is 137 Å². The molecule has 51 heavy (non-hydrogen) atoms. The maximum atomic E-state index is 10.5. The Labute approximate surface area is 278 Å². The Hall–Kier alpha value is -5.67. The lowest BCUT2D eigenvalue weighted by molar-refractivity contribution is -0.800. The van der Waals surface area contributed by atoms with Gasteiger partial charge in [0, 0.05) is 4.91 Å². The molecular formula is C12H19N11O26S2. The molecule has 0 aromatic rings. The van der Waals surface area contributed by atoms with Crippen LogP contribution in [0.5, 0.6) is 0 Å². The average molecular weight is 797 g/mol. The van der Waals surface area contributed by atoms with Crippen molar-refractivity contribution in [2.75, 3.05) is 52.8 Å². The summed E-state index contributed by atoms with van der Waals surface area (Å²) >= 11 is -2.13. The standard InChI is InChI=1S/C3H5N5O5.C3H4N2O8S.C3H4N2O7S.C3H6N2O6/c4-6-5-1-3(2-9,7(10)11)8(12)13;6-4(7)3(5(8)9)1-12-14(10,11)13-2-3;6-4(7)3(5(8)9)1-11-13(10)12-2-3;6-1-3(2-7,4(8)9)5(10)11/h9H,1-2H2;1-2H2;1-2H2;6-7H,1-2H2. The number of aliphatic hydroxyl groups excluding tert-OH is 3. The summed E-state index contributed by atoms with van der Waals surface area (Å²) in [5, 5.41) is 109. The monoisotopic (exact) mass is 797 g/mol. The van der Waals surface area contributed by atoms with Gasteiger partial charge in [0.1, 0.15) is 39.4 Å². The molecule has 2 fully saturated rings. The summed E-state index contributed by atoms with van der Waals surface area (Å²) in [6, 6.07) is 0. The van der Waals surface area contributed by atoms with Gasteiger partial charge in [0.05, 0.1) is 0 Å². The van der Waals surface area contributed by atoms with Crippen molar-refractivity contribution >= 4 is 21.8 Å². The highest BCUT2D eigenvalue weighted by molar-refractivity contribution is 7.81. The number of azide groups is 1. The van der Waals surface area contributed by atoms with Gasteiger partial charge in [-0.1, -0.05) is 5.11 Å². The first-order valence-electron chi connectivity index (χ1n) is 11.5. The van der Waals surface area contributed by atoms with E-state index in [4.69, 9.17) is 20.9 Å². The Morgan fingerprint density at radius 2 is 0.941 bits per heavy atom. The van der Waals surface area contributed by atoms with Crippen molar-refractivity contribution in [1.82, 2.24) is 0 Å². The van der Waals surface area contributed by atoms with Crippen LogP contribution in [0, 0.1) is 80.9 Å². The van der Waals surface area contributed by atoms with Crippen LogP contribution in [0.4, 0.5) is 0 Å². The summed E-state index contributed by atoms with van der Waals surface area (Å²) in [4.78, 5) is 73.9. The van der Waals surface area contributed by atoms with E-state index in [9.17, 15) is 93.5 Å². The Bertz CT molecular complexity index is 1460. The predicted molar refractivity (Wildman–Crippen MR) is 143 cm³/mol. The Morgan fingerprint density at radius 3 is 1.16 bits per heavy atom. The minimum atomic E-state index is -4.33. The van der Waals surface area contributed by atoms with Crippen LogP contribution in [0.25, 0.3) is 10.4 Å². The molecule has 0 saturated carbocycles. The van der Waals surface area contributed by atoms with Crippen molar-refractivity contribution in [2.45, 2.75) is 22.7 Å². The molecule has 2 saturated heterocycles. The molecule has 0 amide bonds. The Balaban J connectivity index is 0. The van der Waals surface area contributed by atoms with Crippen molar-refractivity contribution in [3.63, 3.8) is 0 Å². The van der Waals surface area contributed by atoms with Crippen LogP contribution >= 0.6 is 0 Å². The van der Waals surface area contributed by atoms with Gasteiger partial charge in [0.2, 0.25) is 26.4 Å². The van der Waals surface area contributed by atoms with Gasteiger partial charge in [0.15, 0.2) is 26.4 Å². The van der Waals surface area contributed by atoms with Crippen LogP contribution in [0.15, 0.2) is 5.11 Å². The molecule has 0 atom stereocenters. The van der Waals surface area contributed by atoms with Gasteiger partial charge in [-0.25, -0.2) is 8.37 Å². The lowest BCUT2D eigenvalue weighted by Gasteiger charge is -2.20. The normalized spacial score (nSPS) is 17.3. The third-order valence-corrected chi connectivity index (χ3v) is 6.94. The van der Waals surface area contributed by atoms with E-state index in [0.717, 1.165) is 0 Å². The fourth-order valence-corrected chi connectivity index (χ4v) is 3.54. The molecule has 0 unspecified atom stereocenters. The molecule has 2 rings (SSSR count). The van der Waals surface area contributed by atoms with Gasteiger partial charge < -0.3 is 15.3 Å². The molecule has 39 heteroatoms. The van der Waals surface area contributed by atoms with Crippen LogP contribution in [0.2, 0.25) is 0 Å². The molecule has 37 nitrogen and oxygen atoms in total. The van der Waals surface area contributed by atoms with E-state index in [1.54, 1.807) is 0 Å². The maximum absolute atomic E-state index is 10.5. The quantitative estimate of drug-likeness (QED) is 0.0393. The Morgan fingerprint density at radius 1 is 0.647 bits per heavy atom. The molecule has 2 aliphatic rings. The number of hydrogen-bond acceptors (Lipinski definition) is 27. The van der Waals surface area contributed by atoms with Crippen LogP contribution < -0.4 is 0 Å². The number of hydrogen-bond donors (Lipinski definition) is 3. The molecular weight excluding hydrogens is 778 g/mol. The largest absolute Gasteiger partial charge is 0.506 e. The predicted octanol–water partition coefficient (Wildman–Crippen LogP) is -4.85. The number of rotatable bonds is 13. The molecule has 0 radical (unpaired) electrons. The summed E-state index contributed by atoms with van der Waals surface area (Å²) < 4.78 is 47.5. The summed E-state index contributed by atoms with van der Waals surface area (Å²) in [5.74, 6) is 0. The zero-order valence-electron chi connectivity index (χ0n) is 24.1. The highest BCUT2D eigenvalue weighted by Gasteiger charge is 2.62. The van der Waals surface area contributed by atoms with Gasteiger partial charge in [-0.2, -0.15) is 12.6 Å². The van der Waals surface area contributed by atoms with Crippen LogP contribution in [-0.2, 0) is 38.5 Å². The summed E-state index contributed by atoms with van der Waals surface area (Å²) in [5.41, 5.74) is -3.15. The second-order valence-corrected chi connectivity index (χ2v) is 10.7. The molecule has 3 N–H and O–H groups in total. The minimum absolute atomic E-state index is 0.861. The molecule has 0 aliphatic carbocycles. The fourth-order valence-electron chi connectivity index (χ4n) is 2.16. The van der Waals surface area contributed by atoms with E-state index in [2.05, 4.69) is 26.8 Å². The second-order valence-electron chi connectivity index (χ2n) is 8.51. The average Bonchev–Trinajstić information content (AvgIpc) is 3.03. The van der Waals surface area contributed by atoms with Gasteiger partial charge in [-0.05, 0) is 5.53 Å². The van der Waals surface area contributed by atoms with E-state index >= 15 is 0 Å². The zero-order valence-corrected chi connectivity index (χ0v) is 25.8. The minimum Gasteiger partial charge on any atom is -0.382 e. The summed E-state index contributed by atoms with van der Waals surface area (Å²) in [6.07, 6.45) is 0. The molecule has 0 aromatic carbocycles. The van der Waals surface area contributed by atoms with Gasteiger partial charge >= 0.3 is 44.4 Å². The zero-order chi connectivity index (χ0) is 40.6.